The Morgan fingerprint density at radius 1 is 1.07 bits per heavy atom. The largest absolute Gasteiger partial charge is 0.511 e. The lowest BCUT2D eigenvalue weighted by Gasteiger charge is -2.45. The number of allylic oxidation sites excluding steroid dienone is 2. The van der Waals surface area contributed by atoms with Crippen molar-refractivity contribution in [3.63, 3.8) is 0 Å². The highest BCUT2D eigenvalue weighted by Crippen LogP contribution is 2.53. The fourth-order valence-corrected chi connectivity index (χ4v) is 6.45. The maximum absolute atomic E-state index is 14.0. The molecule has 0 aromatic heterocycles. The number of phenols is 1. The van der Waals surface area contributed by atoms with Crippen molar-refractivity contribution in [3.8, 4) is 5.75 Å². The van der Waals surface area contributed by atoms with Gasteiger partial charge < -0.3 is 41.7 Å². The van der Waals surface area contributed by atoms with Gasteiger partial charge in [-0.2, -0.15) is 0 Å². The number of hydrogen-bond donors (Lipinski definition) is 7. The lowest BCUT2D eigenvalue weighted by Crippen LogP contribution is -2.57. The van der Waals surface area contributed by atoms with Gasteiger partial charge in [-0.1, -0.05) is 6.07 Å². The number of nitrogens with two attached hydrogens (primary N) is 1. The second-order valence-electron chi connectivity index (χ2n) is 11.5. The average Bonchev–Trinajstić information content (AvgIpc) is 2.92. The molecule has 44 heavy (non-hydrogen) atoms. The van der Waals surface area contributed by atoms with Gasteiger partial charge in [0.1, 0.15) is 22.8 Å². The van der Waals surface area contributed by atoms with Gasteiger partial charge >= 0.3 is 6.03 Å². The fraction of sp³-hybridized carbons (Fsp3) is 0.333. The molecule has 14 nitrogen and oxygen atoms in total. The molecule has 0 fully saturated rings. The zero-order chi connectivity index (χ0) is 32.4. The fourth-order valence-electron chi connectivity index (χ4n) is 6.45. The van der Waals surface area contributed by atoms with Crippen LogP contribution in [0.2, 0.25) is 0 Å². The number of nitrogens with zero attached hydrogens (tertiary/aromatic N) is 2. The molecule has 2 aromatic carbocycles. The molecule has 14 heteroatoms. The quantitative estimate of drug-likeness (QED) is 0.150. The minimum Gasteiger partial charge on any atom is -0.511 e. The number of nitroso groups, excluding NO2 is 1. The number of Topliss-reactive ketones (excluding diaryl/α,β-unsaturated/α-hetero) is 2. The number of rotatable bonds is 5. The van der Waals surface area contributed by atoms with Crippen LogP contribution in [-0.4, -0.2) is 75.4 Å². The number of aromatic hydroxyl groups is 1. The van der Waals surface area contributed by atoms with Crippen LogP contribution >= 0.6 is 0 Å². The molecule has 0 aliphatic heterocycles. The van der Waals surface area contributed by atoms with Gasteiger partial charge in [-0.25, -0.2) is 4.79 Å². The van der Waals surface area contributed by atoms with E-state index in [9.17, 15) is 44.5 Å². The predicted octanol–water partition coefficient (Wildman–Crippen LogP) is 2.64. The number of primary amides is 1. The molecular formula is C30H32N5O9+. The van der Waals surface area contributed by atoms with E-state index in [2.05, 4.69) is 10.6 Å². The van der Waals surface area contributed by atoms with E-state index < -0.39 is 63.8 Å². The van der Waals surface area contributed by atoms with E-state index in [4.69, 9.17) is 5.73 Å². The SMILES string of the molecule is Cc1ccc(NC(=O)Nc2cc(N(C)C)c3c(c2O)C(=O)C2=C(O)[C@]4(O)C(=O)C(C(N)=O)=C(O)C[C@@H]4C[C@@H]2C3)c([N+](C)=O)c1. The monoisotopic (exact) mass is 606 g/mol. The molecule has 0 unspecified atom stereocenters. The van der Waals surface area contributed by atoms with Crippen LogP contribution in [0.3, 0.4) is 0 Å². The maximum atomic E-state index is 14.0. The Morgan fingerprint density at radius 2 is 1.73 bits per heavy atom. The van der Waals surface area contributed by atoms with Crippen molar-refractivity contribution in [2.75, 3.05) is 36.7 Å². The van der Waals surface area contributed by atoms with E-state index >= 15 is 0 Å². The van der Waals surface area contributed by atoms with Crippen molar-refractivity contribution >= 4 is 46.3 Å². The number of anilines is 3. The minimum atomic E-state index is -2.69. The van der Waals surface area contributed by atoms with Gasteiger partial charge in [0.25, 0.3) is 11.6 Å². The smallest absolute Gasteiger partial charge is 0.323 e. The molecular weight excluding hydrogens is 574 g/mol. The number of hydrogen-bond acceptors (Lipinski definition) is 10. The Hall–Kier alpha value is -5.24. The third-order valence-corrected chi connectivity index (χ3v) is 8.51. The molecule has 5 rings (SSSR count). The molecule has 0 spiro atoms. The molecule has 3 aliphatic carbocycles. The maximum Gasteiger partial charge on any atom is 0.323 e. The second kappa shape index (κ2) is 10.5. The first kappa shape index (κ1) is 30.2. The van der Waals surface area contributed by atoms with Crippen molar-refractivity contribution in [1.29, 1.82) is 0 Å². The molecule has 8 N–H and O–H groups in total. The molecule has 3 amide bonds. The van der Waals surface area contributed by atoms with E-state index in [1.807, 2.05) is 0 Å². The first-order valence-electron chi connectivity index (χ1n) is 13.7. The van der Waals surface area contributed by atoms with E-state index in [-0.39, 0.29) is 47.5 Å². The number of urea groups is 1. The predicted molar refractivity (Wildman–Crippen MR) is 158 cm³/mol. The van der Waals surface area contributed by atoms with Crippen LogP contribution in [-0.2, 0) is 16.0 Å². The van der Waals surface area contributed by atoms with Crippen molar-refractivity contribution in [1.82, 2.24) is 0 Å². The summed E-state index contributed by atoms with van der Waals surface area (Å²) in [7, 11) is 4.66. The van der Waals surface area contributed by atoms with Crippen molar-refractivity contribution in [2.24, 2.45) is 17.6 Å². The minimum absolute atomic E-state index is 0.00794. The highest BCUT2D eigenvalue weighted by Gasteiger charge is 2.59. The summed E-state index contributed by atoms with van der Waals surface area (Å²) in [6, 6.07) is 5.47. The van der Waals surface area contributed by atoms with E-state index in [0.717, 1.165) is 5.56 Å². The normalized spacial score (nSPS) is 22.6. The van der Waals surface area contributed by atoms with Crippen LogP contribution in [0, 0.1) is 23.7 Å². The average molecular weight is 607 g/mol. The van der Waals surface area contributed by atoms with Gasteiger partial charge in [0, 0.05) is 53.4 Å². The first-order valence-corrected chi connectivity index (χ1v) is 13.7. The summed E-state index contributed by atoms with van der Waals surface area (Å²) in [4.78, 5) is 65.8. The summed E-state index contributed by atoms with van der Waals surface area (Å²) in [5.41, 5.74) is 3.03. The summed E-state index contributed by atoms with van der Waals surface area (Å²) in [5.74, 6) is -7.44. The number of nitrogens with one attached hydrogen (secondary N) is 2. The van der Waals surface area contributed by atoms with Crippen LogP contribution in [0.4, 0.5) is 27.5 Å². The molecule has 3 atom stereocenters. The lowest BCUT2D eigenvalue weighted by molar-refractivity contribution is -0.427. The molecule has 0 saturated carbocycles. The van der Waals surface area contributed by atoms with Gasteiger partial charge in [-0.3, -0.25) is 14.4 Å². The molecule has 230 valence electrons. The highest BCUT2D eigenvalue weighted by atomic mass is 16.3. The number of carbonyl (C=O) groups excluding carboxylic acids is 4. The number of phenolic OH excluding ortho intramolecular Hbond substituents is 1. The number of aliphatic hydroxyl groups excluding tert-OH is 2. The van der Waals surface area contributed by atoms with Crippen LogP contribution in [0.25, 0.3) is 0 Å². The number of benzene rings is 2. The van der Waals surface area contributed by atoms with E-state index in [1.54, 1.807) is 44.1 Å². The van der Waals surface area contributed by atoms with Gasteiger partial charge in [0.05, 0.1) is 11.3 Å². The standard InChI is InChI=1S/C30H31N5O9/c1-12-5-6-16(19(7-12)35(4)44)32-29(42)33-17-11-18(34(2)3)15-9-13-8-14-10-20(36)23(28(31)41)27(40)30(14,43)26(39)21(13)25(38)22(15)24(17)37/h5-7,11,13-14,43H,8-10H2,1-4H3,(H6-,31,32,33,36,37,38,39,40,41,42,44)/p+1/t13-,14+,30+/m1/s1. The number of amides is 3. The molecule has 3 aliphatic rings. The first-order chi connectivity index (χ1) is 20.6. The number of aliphatic hydroxyl groups is 3. The van der Waals surface area contributed by atoms with Crippen LogP contribution < -0.4 is 21.3 Å². The molecule has 0 heterocycles. The number of aryl methyl sites for hydroxylation is 1. The van der Waals surface area contributed by atoms with Crippen molar-refractivity contribution < 1.29 is 44.4 Å². The zero-order valence-corrected chi connectivity index (χ0v) is 24.4. The summed E-state index contributed by atoms with van der Waals surface area (Å²) in [6.45, 7) is 1.78. The summed E-state index contributed by atoms with van der Waals surface area (Å²) >= 11 is 0. The Labute approximate surface area is 251 Å². The van der Waals surface area contributed by atoms with Gasteiger partial charge in [-0.15, -0.1) is 0 Å². The Bertz CT molecular complexity index is 1760. The molecule has 0 bridgehead atoms. The molecule has 2 aromatic rings. The Morgan fingerprint density at radius 3 is 2.34 bits per heavy atom. The van der Waals surface area contributed by atoms with Crippen molar-refractivity contribution in [3.05, 3.63) is 68.5 Å². The van der Waals surface area contributed by atoms with Crippen LogP contribution in [0.15, 0.2) is 46.9 Å². The third kappa shape index (κ3) is 4.54. The van der Waals surface area contributed by atoms with Crippen molar-refractivity contribution in [2.45, 2.75) is 31.8 Å². The van der Waals surface area contributed by atoms with Gasteiger partial charge in [0.15, 0.2) is 24.2 Å². The van der Waals surface area contributed by atoms with Crippen LogP contribution in [0.5, 0.6) is 5.75 Å². The summed E-state index contributed by atoms with van der Waals surface area (Å²) < 4.78 is 0.585. The highest BCUT2D eigenvalue weighted by molar-refractivity contribution is 6.24. The van der Waals surface area contributed by atoms with E-state index in [0.29, 0.717) is 16.0 Å². The third-order valence-electron chi connectivity index (χ3n) is 8.51. The van der Waals surface area contributed by atoms with E-state index in [1.165, 1.54) is 13.1 Å². The Balaban J connectivity index is 1.57. The summed E-state index contributed by atoms with van der Waals surface area (Å²) in [5, 5.41) is 49.4. The van der Waals surface area contributed by atoms with Gasteiger partial charge in [0.2, 0.25) is 5.78 Å². The van der Waals surface area contributed by atoms with Gasteiger partial charge in [-0.05, 0) is 48.9 Å². The number of fused-ring (bicyclic) bond motifs is 3. The number of ketones is 2. The lowest BCUT2D eigenvalue weighted by atomic mass is 9.60. The summed E-state index contributed by atoms with van der Waals surface area (Å²) in [6.07, 6.45) is -0.236. The second-order valence-corrected chi connectivity index (χ2v) is 11.5. The topological polar surface area (TPSA) is 223 Å². The molecule has 0 saturated heterocycles. The van der Waals surface area contributed by atoms with Crippen LogP contribution in [0.1, 0.15) is 34.3 Å². The Kier molecular flexibility index (Phi) is 7.20. The molecule has 0 radical (unpaired) electrons. The zero-order valence-electron chi connectivity index (χ0n) is 24.4. The number of carbonyl (C=O) groups is 4.